The molecule has 3 aromatic heterocycles. The first-order valence-electron chi connectivity index (χ1n) is 13.2. The van der Waals surface area contributed by atoms with Gasteiger partial charge in [-0.15, -0.1) is 16.4 Å². The van der Waals surface area contributed by atoms with E-state index < -0.39 is 0 Å². The fraction of sp³-hybridized carbons (Fsp3) is 0.481. The van der Waals surface area contributed by atoms with Gasteiger partial charge < -0.3 is 9.64 Å². The van der Waals surface area contributed by atoms with E-state index in [2.05, 4.69) is 42.7 Å². The van der Waals surface area contributed by atoms with E-state index in [1.807, 2.05) is 36.7 Å². The van der Waals surface area contributed by atoms with Gasteiger partial charge in [0.1, 0.15) is 18.7 Å². The van der Waals surface area contributed by atoms with Crippen LogP contribution in [0.25, 0.3) is 5.69 Å². The third-order valence-electron chi connectivity index (χ3n) is 6.79. The van der Waals surface area contributed by atoms with E-state index in [1.165, 1.54) is 42.7 Å². The van der Waals surface area contributed by atoms with Gasteiger partial charge in [-0.3, -0.25) is 0 Å². The first-order valence-corrected chi connectivity index (χ1v) is 14.1. The summed E-state index contributed by atoms with van der Waals surface area (Å²) in [4.78, 5) is 16.5. The molecule has 10 heteroatoms. The number of rotatable bonds is 12. The average Bonchev–Trinajstić information content (AvgIpc) is 3.66. The molecule has 0 saturated carbocycles. The Labute approximate surface area is 221 Å². The van der Waals surface area contributed by atoms with E-state index in [4.69, 9.17) is 9.72 Å². The Morgan fingerprint density at radius 3 is 2.51 bits per heavy atom. The Morgan fingerprint density at radius 1 is 1.00 bits per heavy atom. The lowest BCUT2D eigenvalue weighted by Crippen LogP contribution is -2.34. The molecule has 1 saturated heterocycles. The van der Waals surface area contributed by atoms with Crippen molar-refractivity contribution in [1.82, 2.24) is 35.2 Å². The molecule has 0 unspecified atom stereocenters. The van der Waals surface area contributed by atoms with Crippen LogP contribution in [0, 0.1) is 0 Å². The number of nitrogens with zero attached hydrogens (tertiary/aromatic N) is 8. The molecule has 1 aliphatic rings. The van der Waals surface area contributed by atoms with Gasteiger partial charge in [-0.25, -0.2) is 19.6 Å². The van der Waals surface area contributed by atoms with Crippen molar-refractivity contribution in [2.24, 2.45) is 0 Å². The number of aromatic nitrogens is 7. The molecule has 0 atom stereocenters. The molecule has 0 N–H and O–H groups in total. The summed E-state index contributed by atoms with van der Waals surface area (Å²) in [5.41, 5.74) is 3.11. The van der Waals surface area contributed by atoms with Crippen molar-refractivity contribution in [2.75, 3.05) is 18.0 Å². The summed E-state index contributed by atoms with van der Waals surface area (Å²) in [6.07, 6.45) is 15.3. The van der Waals surface area contributed by atoms with Gasteiger partial charge in [0, 0.05) is 36.8 Å². The van der Waals surface area contributed by atoms with Crippen LogP contribution in [-0.4, -0.2) is 48.2 Å². The molecule has 9 nitrogen and oxygen atoms in total. The Bertz CT molecular complexity index is 1200. The molecule has 1 aliphatic heterocycles. The minimum absolute atomic E-state index is 0.457. The second-order valence-corrected chi connectivity index (χ2v) is 10.4. The van der Waals surface area contributed by atoms with Gasteiger partial charge in [0.05, 0.1) is 16.4 Å². The lowest BCUT2D eigenvalue weighted by molar-refractivity contribution is 0.301. The molecule has 1 aromatic carbocycles. The molecule has 5 rings (SSSR count). The first-order chi connectivity index (χ1) is 18.3. The van der Waals surface area contributed by atoms with Crippen LogP contribution < -0.4 is 9.64 Å². The first kappa shape index (κ1) is 25.3. The van der Waals surface area contributed by atoms with Gasteiger partial charge in [-0.05, 0) is 65.9 Å². The maximum atomic E-state index is 5.95. The highest BCUT2D eigenvalue weighted by Crippen LogP contribution is 2.31. The number of piperidine rings is 1. The zero-order chi connectivity index (χ0) is 25.3. The number of anilines is 1. The van der Waals surface area contributed by atoms with Crippen LogP contribution in [0.2, 0.25) is 0 Å². The number of hydrogen-bond acceptors (Lipinski definition) is 9. The van der Waals surface area contributed by atoms with E-state index in [9.17, 15) is 0 Å². The molecule has 1 fully saturated rings. The summed E-state index contributed by atoms with van der Waals surface area (Å²) in [6, 6.07) is 7.69. The second kappa shape index (κ2) is 12.7. The van der Waals surface area contributed by atoms with Crippen molar-refractivity contribution >= 4 is 17.3 Å². The van der Waals surface area contributed by atoms with Crippen LogP contribution in [0.5, 0.6) is 5.75 Å². The van der Waals surface area contributed by atoms with Gasteiger partial charge in [-0.2, -0.15) is 0 Å². The molecular formula is C27H34N8OS. The molecule has 0 radical (unpaired) electrons. The number of thiazole rings is 1. The smallest absolute Gasteiger partial charge is 0.225 e. The van der Waals surface area contributed by atoms with Crippen LogP contribution in [0.4, 0.5) is 5.95 Å². The molecule has 4 heterocycles. The summed E-state index contributed by atoms with van der Waals surface area (Å²) in [5, 5.41) is 14.5. The Hall–Kier alpha value is -3.40. The van der Waals surface area contributed by atoms with Crippen molar-refractivity contribution in [3.8, 4) is 11.4 Å². The van der Waals surface area contributed by atoms with Crippen molar-refractivity contribution in [3.05, 3.63) is 64.6 Å². The maximum absolute atomic E-state index is 5.95. The second-order valence-electron chi connectivity index (χ2n) is 9.53. The minimum Gasteiger partial charge on any atom is -0.487 e. The van der Waals surface area contributed by atoms with Crippen molar-refractivity contribution in [2.45, 2.75) is 70.8 Å². The summed E-state index contributed by atoms with van der Waals surface area (Å²) >= 11 is 1.74. The molecule has 4 aromatic rings. The highest BCUT2D eigenvalue weighted by molar-refractivity contribution is 7.09. The van der Waals surface area contributed by atoms with E-state index in [0.717, 1.165) is 55.4 Å². The van der Waals surface area contributed by atoms with Crippen molar-refractivity contribution in [3.63, 3.8) is 0 Å². The van der Waals surface area contributed by atoms with E-state index >= 15 is 0 Å². The number of hydrogen-bond donors (Lipinski definition) is 0. The molecule has 37 heavy (non-hydrogen) atoms. The molecular weight excluding hydrogens is 484 g/mol. The number of benzene rings is 1. The average molecular weight is 519 g/mol. The van der Waals surface area contributed by atoms with Crippen LogP contribution in [0.3, 0.4) is 0 Å². The maximum Gasteiger partial charge on any atom is 0.225 e. The fourth-order valence-corrected chi connectivity index (χ4v) is 5.58. The Balaban J connectivity index is 1.06. The van der Waals surface area contributed by atoms with Gasteiger partial charge >= 0.3 is 0 Å². The fourth-order valence-electron chi connectivity index (χ4n) is 4.61. The topological polar surface area (TPSA) is 94.7 Å². The predicted octanol–water partition coefficient (Wildman–Crippen LogP) is 5.38. The van der Waals surface area contributed by atoms with Gasteiger partial charge in [0.15, 0.2) is 0 Å². The third kappa shape index (κ3) is 6.88. The molecule has 0 aliphatic carbocycles. The quantitative estimate of drug-likeness (QED) is 0.231. The summed E-state index contributed by atoms with van der Waals surface area (Å²) in [6.45, 7) is 4.63. The summed E-state index contributed by atoms with van der Waals surface area (Å²) in [5.74, 6) is 2.13. The molecule has 194 valence electrons. The highest BCUT2D eigenvalue weighted by Gasteiger charge is 2.24. The van der Waals surface area contributed by atoms with Crippen LogP contribution in [0.15, 0.2) is 48.4 Å². The van der Waals surface area contributed by atoms with Gasteiger partial charge in [0.25, 0.3) is 0 Å². The standard InChI is InChI=1S/C27H34N8OS/c1-2-3-4-5-6-7-21-16-28-27(29-17-21)34-14-12-22(13-15-34)26-31-23(19-37-26)18-36-25-10-8-24(9-11-25)35-20-30-32-33-35/h8-11,16-17,19-20,22H,2-7,12-15,18H2,1H3. The molecule has 0 spiro atoms. The summed E-state index contributed by atoms with van der Waals surface area (Å²) < 4.78 is 7.56. The minimum atomic E-state index is 0.457. The molecule has 0 bridgehead atoms. The van der Waals surface area contributed by atoms with E-state index in [1.54, 1.807) is 22.3 Å². The third-order valence-corrected chi connectivity index (χ3v) is 7.85. The Kier molecular flexibility index (Phi) is 8.68. The normalized spacial score (nSPS) is 14.2. The van der Waals surface area contributed by atoms with Gasteiger partial charge in [0.2, 0.25) is 5.95 Å². The number of unbranched alkanes of at least 4 members (excludes halogenated alkanes) is 4. The van der Waals surface area contributed by atoms with Crippen LogP contribution in [0.1, 0.15) is 74.1 Å². The number of ether oxygens (including phenoxy) is 1. The summed E-state index contributed by atoms with van der Waals surface area (Å²) in [7, 11) is 0. The predicted molar refractivity (Wildman–Crippen MR) is 144 cm³/mol. The van der Waals surface area contributed by atoms with E-state index in [-0.39, 0.29) is 0 Å². The highest BCUT2D eigenvalue weighted by atomic mass is 32.1. The zero-order valence-electron chi connectivity index (χ0n) is 21.4. The lowest BCUT2D eigenvalue weighted by atomic mass is 9.98. The van der Waals surface area contributed by atoms with Crippen LogP contribution >= 0.6 is 11.3 Å². The van der Waals surface area contributed by atoms with E-state index in [0.29, 0.717) is 12.5 Å². The van der Waals surface area contributed by atoms with Crippen LogP contribution in [-0.2, 0) is 13.0 Å². The Morgan fingerprint density at radius 2 is 1.78 bits per heavy atom. The van der Waals surface area contributed by atoms with Crippen molar-refractivity contribution < 1.29 is 4.74 Å². The zero-order valence-corrected chi connectivity index (χ0v) is 22.2. The number of tetrazole rings is 1. The molecule has 0 amide bonds. The van der Waals surface area contributed by atoms with Crippen molar-refractivity contribution in [1.29, 1.82) is 0 Å². The van der Waals surface area contributed by atoms with Gasteiger partial charge in [-0.1, -0.05) is 32.6 Å². The monoisotopic (exact) mass is 518 g/mol. The largest absolute Gasteiger partial charge is 0.487 e. The SMILES string of the molecule is CCCCCCCc1cnc(N2CCC(c3nc(COc4ccc(-n5cnnn5)cc4)cs3)CC2)nc1. The lowest BCUT2D eigenvalue weighted by Gasteiger charge is -2.31. The number of aryl methyl sites for hydroxylation is 1.